The lowest BCUT2D eigenvalue weighted by atomic mass is 9.99. The first-order valence-corrected chi connectivity index (χ1v) is 10.5. The number of hydrogen-bond acceptors (Lipinski definition) is 5. The van der Waals surface area contributed by atoms with Gasteiger partial charge >= 0.3 is 0 Å². The van der Waals surface area contributed by atoms with Gasteiger partial charge in [-0.25, -0.2) is 4.98 Å². The summed E-state index contributed by atoms with van der Waals surface area (Å²) in [4.78, 5) is 30.4. The van der Waals surface area contributed by atoms with Crippen molar-refractivity contribution < 1.29 is 9.72 Å². The number of fused-ring (bicyclic) bond motifs is 1. The average Bonchev–Trinajstić information content (AvgIpc) is 2.74. The van der Waals surface area contributed by atoms with Gasteiger partial charge in [-0.3, -0.25) is 14.9 Å². The first-order chi connectivity index (χ1) is 14.8. The third kappa shape index (κ3) is 4.35. The second-order valence-corrected chi connectivity index (χ2v) is 8.41. The van der Waals surface area contributed by atoms with Crippen molar-refractivity contribution in [3.8, 4) is 0 Å². The van der Waals surface area contributed by atoms with Gasteiger partial charge in [0.1, 0.15) is 5.82 Å². The molecule has 1 N–H and O–H groups in total. The lowest BCUT2D eigenvalue weighted by Crippen LogP contribution is -2.33. The van der Waals surface area contributed by atoms with Crippen molar-refractivity contribution in [3.63, 3.8) is 0 Å². The molecule has 2 heterocycles. The number of nitrogens with zero attached hydrogens (tertiary/aromatic N) is 3. The van der Waals surface area contributed by atoms with Crippen LogP contribution in [0, 0.1) is 29.9 Å². The van der Waals surface area contributed by atoms with Crippen LogP contribution in [0.4, 0.5) is 17.2 Å². The van der Waals surface area contributed by atoms with Crippen molar-refractivity contribution in [3.05, 3.63) is 69.3 Å². The second-order valence-electron chi connectivity index (χ2n) is 8.41. The molecule has 31 heavy (non-hydrogen) atoms. The number of nitro benzene ring substituents is 1. The molecule has 0 atom stereocenters. The molecule has 1 saturated heterocycles. The zero-order chi connectivity index (χ0) is 22.1. The monoisotopic (exact) mass is 418 g/mol. The summed E-state index contributed by atoms with van der Waals surface area (Å²) in [6.45, 7) is 8.04. The van der Waals surface area contributed by atoms with Gasteiger partial charge in [0.15, 0.2) is 0 Å². The average molecular weight is 418 g/mol. The molecule has 0 radical (unpaired) electrons. The number of amides is 1. The molecule has 1 aromatic heterocycles. The summed E-state index contributed by atoms with van der Waals surface area (Å²) in [6.07, 6.45) is 2.37. The van der Waals surface area contributed by atoms with Crippen molar-refractivity contribution in [1.29, 1.82) is 0 Å². The van der Waals surface area contributed by atoms with Crippen molar-refractivity contribution in [1.82, 2.24) is 4.98 Å². The van der Waals surface area contributed by atoms with Gasteiger partial charge in [0.2, 0.25) is 0 Å². The highest BCUT2D eigenvalue weighted by Crippen LogP contribution is 2.28. The number of hydrogen-bond donors (Lipinski definition) is 1. The maximum Gasteiger partial charge on any atom is 0.272 e. The minimum absolute atomic E-state index is 0.00271. The van der Waals surface area contributed by atoms with Gasteiger partial charge in [0.25, 0.3) is 11.6 Å². The predicted molar refractivity (Wildman–Crippen MR) is 123 cm³/mol. The van der Waals surface area contributed by atoms with Crippen LogP contribution < -0.4 is 10.2 Å². The molecular formula is C24H26N4O3. The maximum atomic E-state index is 12.7. The third-order valence-electron chi connectivity index (χ3n) is 6.02. The minimum atomic E-state index is -0.450. The van der Waals surface area contributed by atoms with Crippen molar-refractivity contribution in [2.45, 2.75) is 33.6 Å². The van der Waals surface area contributed by atoms with Crippen molar-refractivity contribution >= 4 is 34.0 Å². The number of anilines is 2. The highest BCUT2D eigenvalue weighted by atomic mass is 16.6. The Kier molecular flexibility index (Phi) is 5.59. The number of benzene rings is 2. The summed E-state index contributed by atoms with van der Waals surface area (Å²) >= 11 is 0. The minimum Gasteiger partial charge on any atom is -0.357 e. The smallest absolute Gasteiger partial charge is 0.272 e. The van der Waals surface area contributed by atoms with E-state index in [4.69, 9.17) is 4.98 Å². The molecule has 0 unspecified atom stereocenters. The molecule has 4 rings (SSSR count). The Labute approximate surface area is 181 Å². The van der Waals surface area contributed by atoms with Gasteiger partial charge in [-0.05, 0) is 74.6 Å². The zero-order valence-corrected chi connectivity index (χ0v) is 18.0. The fourth-order valence-corrected chi connectivity index (χ4v) is 4.06. The Morgan fingerprint density at radius 1 is 1.10 bits per heavy atom. The number of pyridine rings is 1. The van der Waals surface area contributed by atoms with Crippen LogP contribution in [0.15, 0.2) is 42.5 Å². The van der Waals surface area contributed by atoms with Gasteiger partial charge in [-0.1, -0.05) is 6.92 Å². The maximum absolute atomic E-state index is 12.7. The van der Waals surface area contributed by atoms with E-state index in [0.717, 1.165) is 41.3 Å². The Balaban J connectivity index is 1.56. The lowest BCUT2D eigenvalue weighted by molar-refractivity contribution is -0.385. The van der Waals surface area contributed by atoms with E-state index < -0.39 is 4.92 Å². The SMILES string of the molecule is Cc1cc(C(=O)Nc2ccc3nc(N4CCC(C)CC4)cc(C)c3c2)ccc1[N+](=O)[O-]. The first-order valence-electron chi connectivity index (χ1n) is 10.5. The number of aryl methyl sites for hydroxylation is 2. The standard InChI is InChI=1S/C24H26N4O3/c1-15-8-10-27(11-9-15)23-13-16(2)20-14-19(5-6-21(20)26-23)25-24(29)18-4-7-22(28(30)31)17(3)12-18/h4-7,12-15H,8-11H2,1-3H3,(H,25,29). The summed E-state index contributed by atoms with van der Waals surface area (Å²) in [6, 6.07) is 12.2. The van der Waals surface area contributed by atoms with E-state index in [0.29, 0.717) is 16.8 Å². The molecule has 160 valence electrons. The molecule has 0 spiro atoms. The van der Waals surface area contributed by atoms with E-state index in [2.05, 4.69) is 30.1 Å². The lowest BCUT2D eigenvalue weighted by Gasteiger charge is -2.31. The summed E-state index contributed by atoms with van der Waals surface area (Å²) in [5.41, 5.74) is 3.52. The fourth-order valence-electron chi connectivity index (χ4n) is 4.06. The van der Waals surface area contributed by atoms with E-state index in [-0.39, 0.29) is 11.6 Å². The molecule has 1 aliphatic rings. The molecule has 1 aliphatic heterocycles. The fraction of sp³-hybridized carbons (Fsp3) is 0.333. The summed E-state index contributed by atoms with van der Waals surface area (Å²) in [5, 5.41) is 14.9. The quantitative estimate of drug-likeness (QED) is 0.462. The molecule has 2 aromatic carbocycles. The topological polar surface area (TPSA) is 88.4 Å². The first kappa shape index (κ1) is 20.8. The summed E-state index contributed by atoms with van der Waals surface area (Å²) < 4.78 is 0. The van der Waals surface area contributed by atoms with Gasteiger partial charge < -0.3 is 10.2 Å². The van der Waals surface area contributed by atoms with Gasteiger partial charge in [-0.15, -0.1) is 0 Å². The normalized spacial score (nSPS) is 14.6. The Morgan fingerprint density at radius 2 is 1.84 bits per heavy atom. The number of rotatable bonds is 4. The molecule has 1 fully saturated rings. The van der Waals surface area contributed by atoms with Crippen LogP contribution in [0.2, 0.25) is 0 Å². The molecule has 3 aromatic rings. The summed E-state index contributed by atoms with van der Waals surface area (Å²) in [7, 11) is 0. The van der Waals surface area contributed by atoms with Gasteiger partial charge in [-0.2, -0.15) is 0 Å². The molecule has 1 amide bonds. The Morgan fingerprint density at radius 3 is 2.52 bits per heavy atom. The molecular weight excluding hydrogens is 392 g/mol. The van der Waals surface area contributed by atoms with E-state index in [1.54, 1.807) is 6.92 Å². The van der Waals surface area contributed by atoms with Crippen molar-refractivity contribution in [2.75, 3.05) is 23.3 Å². The molecule has 0 aliphatic carbocycles. The largest absolute Gasteiger partial charge is 0.357 e. The van der Waals surface area contributed by atoms with E-state index in [1.165, 1.54) is 31.0 Å². The number of aromatic nitrogens is 1. The van der Waals surface area contributed by atoms with Crippen LogP contribution in [0.25, 0.3) is 10.9 Å². The van der Waals surface area contributed by atoms with E-state index in [1.807, 2.05) is 18.2 Å². The van der Waals surface area contributed by atoms with Gasteiger partial charge in [0.05, 0.1) is 10.4 Å². The van der Waals surface area contributed by atoms with Crippen LogP contribution in [0.5, 0.6) is 0 Å². The second kappa shape index (κ2) is 8.34. The predicted octanol–water partition coefficient (Wildman–Crippen LogP) is 5.25. The van der Waals surface area contributed by atoms with Crippen LogP contribution in [0.3, 0.4) is 0 Å². The molecule has 0 bridgehead atoms. The Bertz CT molecular complexity index is 1170. The Hall–Kier alpha value is -3.48. The number of carbonyl (C=O) groups excluding carboxylic acids is 1. The highest BCUT2D eigenvalue weighted by molar-refractivity contribution is 6.05. The molecule has 7 heteroatoms. The number of piperidine rings is 1. The van der Waals surface area contributed by atoms with E-state index in [9.17, 15) is 14.9 Å². The molecule has 7 nitrogen and oxygen atoms in total. The molecule has 0 saturated carbocycles. The van der Waals surface area contributed by atoms with Crippen LogP contribution >= 0.6 is 0 Å². The van der Waals surface area contributed by atoms with Crippen LogP contribution in [-0.4, -0.2) is 28.9 Å². The third-order valence-corrected chi connectivity index (χ3v) is 6.02. The number of carbonyl (C=O) groups is 1. The highest BCUT2D eigenvalue weighted by Gasteiger charge is 2.18. The zero-order valence-electron chi connectivity index (χ0n) is 18.0. The van der Waals surface area contributed by atoms with Gasteiger partial charge in [0, 0.05) is 41.4 Å². The van der Waals surface area contributed by atoms with E-state index >= 15 is 0 Å². The van der Waals surface area contributed by atoms with Crippen molar-refractivity contribution in [2.24, 2.45) is 5.92 Å². The van der Waals surface area contributed by atoms with Crippen LogP contribution in [-0.2, 0) is 0 Å². The number of nitrogens with one attached hydrogen (secondary N) is 1. The number of nitro groups is 1. The summed E-state index contributed by atoms with van der Waals surface area (Å²) in [5.74, 6) is 1.47. The van der Waals surface area contributed by atoms with Crippen LogP contribution in [0.1, 0.15) is 41.3 Å².